The molecule has 1 aliphatic heterocycles. The molecule has 2 aromatic rings. The van der Waals surface area contributed by atoms with E-state index in [-0.39, 0.29) is 30.9 Å². The highest BCUT2D eigenvalue weighted by molar-refractivity contribution is 5.97. The number of carbonyl (C=O) groups excluding carboxylic acids is 3. The second kappa shape index (κ2) is 11.9. The third-order valence-corrected chi connectivity index (χ3v) is 5.76. The van der Waals surface area contributed by atoms with Gasteiger partial charge < -0.3 is 41.3 Å². The van der Waals surface area contributed by atoms with Gasteiger partial charge >= 0.3 is 11.9 Å². The number of carboxylic acids is 2. The lowest BCUT2D eigenvalue weighted by atomic mass is 9.97. The molecular formula is C24H26N4O9. The number of amides is 3. The van der Waals surface area contributed by atoms with Crippen LogP contribution >= 0.6 is 0 Å². The number of β-lactam (4-membered cyclic amide) rings is 1. The molecule has 0 unspecified atom stereocenters. The Balaban J connectivity index is 1.61. The number of phenols is 1. The summed E-state index contributed by atoms with van der Waals surface area (Å²) in [6, 6.07) is 7.04. The molecule has 3 amide bonds. The van der Waals surface area contributed by atoms with Crippen LogP contribution in [0.15, 0.2) is 48.5 Å². The molecule has 0 aliphatic carbocycles. The number of benzene rings is 2. The summed E-state index contributed by atoms with van der Waals surface area (Å²) in [7, 11) is 0. The van der Waals surface area contributed by atoms with E-state index in [1.54, 1.807) is 0 Å². The number of nitrogens with one attached hydrogen (secondary N) is 2. The Bertz CT molecular complexity index is 1150. The minimum atomic E-state index is -1.29. The van der Waals surface area contributed by atoms with E-state index in [1.807, 2.05) is 0 Å². The van der Waals surface area contributed by atoms with Crippen molar-refractivity contribution in [1.29, 1.82) is 0 Å². The van der Waals surface area contributed by atoms with Crippen molar-refractivity contribution >= 4 is 30.2 Å². The minimum absolute atomic E-state index is 0.0522. The molecule has 1 heterocycles. The maximum Gasteiger partial charge on any atom is 0.331 e. The number of aliphatic carboxylic acids is 2. The van der Waals surface area contributed by atoms with Crippen LogP contribution in [-0.4, -0.2) is 75.6 Å². The lowest BCUT2D eigenvalue weighted by Gasteiger charge is -2.42. The van der Waals surface area contributed by atoms with E-state index in [2.05, 4.69) is 10.6 Å². The van der Waals surface area contributed by atoms with Gasteiger partial charge in [0.1, 0.15) is 29.6 Å². The first-order chi connectivity index (χ1) is 17.6. The first kappa shape index (κ1) is 26.9. The molecule has 0 radical (unpaired) electrons. The standard InChI is InChI=1S/C24H26N4O9/c25-17(23(33)34)9-10-37-16-7-3-13(4-8-16)19(26-12-29)21(31)27-18-11-28(22(18)32)20(24(35)36)14-1-5-15(30)6-2-14/h1-8,12,17-20,30H,9-11,25H2,(H,26,29)(H,27,31)(H,33,34)(H,35,36)/t17-,18-,19+,20+/m0/s1. The molecule has 13 heteroatoms. The zero-order valence-corrected chi connectivity index (χ0v) is 19.4. The van der Waals surface area contributed by atoms with Gasteiger partial charge in [-0.2, -0.15) is 0 Å². The lowest BCUT2D eigenvalue weighted by molar-refractivity contribution is -0.160. The van der Waals surface area contributed by atoms with Gasteiger partial charge in [0.05, 0.1) is 13.2 Å². The fourth-order valence-electron chi connectivity index (χ4n) is 3.74. The van der Waals surface area contributed by atoms with Crippen molar-refractivity contribution in [1.82, 2.24) is 15.5 Å². The van der Waals surface area contributed by atoms with Crippen LogP contribution < -0.4 is 21.1 Å². The molecule has 1 saturated heterocycles. The van der Waals surface area contributed by atoms with E-state index in [0.717, 1.165) is 4.90 Å². The second-order valence-electron chi connectivity index (χ2n) is 8.25. The van der Waals surface area contributed by atoms with Crippen molar-refractivity contribution in [3.63, 3.8) is 0 Å². The summed E-state index contributed by atoms with van der Waals surface area (Å²) in [6.45, 7) is -0.00737. The summed E-state index contributed by atoms with van der Waals surface area (Å²) < 4.78 is 5.44. The summed E-state index contributed by atoms with van der Waals surface area (Å²) in [6.07, 6.45) is 0.429. The lowest BCUT2D eigenvalue weighted by Crippen LogP contribution is -2.66. The molecule has 2 aromatic carbocycles. The number of aromatic hydroxyl groups is 1. The van der Waals surface area contributed by atoms with Gasteiger partial charge in [-0.15, -0.1) is 0 Å². The van der Waals surface area contributed by atoms with Crippen LogP contribution in [0.4, 0.5) is 0 Å². The van der Waals surface area contributed by atoms with E-state index >= 15 is 0 Å². The smallest absolute Gasteiger partial charge is 0.331 e. The molecule has 0 saturated carbocycles. The highest BCUT2D eigenvalue weighted by Gasteiger charge is 2.45. The number of rotatable bonds is 13. The molecule has 0 aromatic heterocycles. The molecule has 7 N–H and O–H groups in total. The molecule has 13 nitrogen and oxygen atoms in total. The Hall–Kier alpha value is -4.65. The Kier molecular flexibility index (Phi) is 8.64. The van der Waals surface area contributed by atoms with Crippen molar-refractivity contribution < 1.29 is 44.0 Å². The maximum absolute atomic E-state index is 12.8. The minimum Gasteiger partial charge on any atom is -0.508 e. The summed E-state index contributed by atoms with van der Waals surface area (Å²) in [5.41, 5.74) is 6.09. The van der Waals surface area contributed by atoms with Crippen molar-refractivity contribution in [3.8, 4) is 11.5 Å². The zero-order chi connectivity index (χ0) is 27.1. The SMILES string of the molecule is N[C@@H](CCOc1ccc([C@@H](NC=O)C(=O)N[C@H]2CN([C@@H](C(=O)O)c3ccc(O)cc3)C2=O)cc1)C(=O)O. The Labute approximate surface area is 210 Å². The van der Waals surface area contributed by atoms with Gasteiger partial charge in [0.15, 0.2) is 6.04 Å². The van der Waals surface area contributed by atoms with E-state index < -0.39 is 47.9 Å². The van der Waals surface area contributed by atoms with Crippen molar-refractivity contribution in [3.05, 3.63) is 59.7 Å². The van der Waals surface area contributed by atoms with Crippen LogP contribution in [0.3, 0.4) is 0 Å². The third kappa shape index (κ3) is 6.52. The average molecular weight is 514 g/mol. The fourth-order valence-corrected chi connectivity index (χ4v) is 3.74. The number of carboxylic acid groups (broad SMARTS) is 2. The molecule has 0 bridgehead atoms. The molecule has 37 heavy (non-hydrogen) atoms. The molecule has 3 rings (SSSR count). The quantitative estimate of drug-likeness (QED) is 0.149. The average Bonchev–Trinajstić information content (AvgIpc) is 2.87. The Morgan fingerprint density at radius 1 is 1.05 bits per heavy atom. The van der Waals surface area contributed by atoms with Gasteiger partial charge in [0.25, 0.3) is 0 Å². The monoisotopic (exact) mass is 514 g/mol. The summed E-state index contributed by atoms with van der Waals surface area (Å²) in [5, 5.41) is 32.7. The van der Waals surface area contributed by atoms with Crippen LogP contribution in [0.25, 0.3) is 0 Å². The van der Waals surface area contributed by atoms with Gasteiger partial charge in [-0.1, -0.05) is 24.3 Å². The van der Waals surface area contributed by atoms with E-state index in [4.69, 9.17) is 15.6 Å². The predicted molar refractivity (Wildman–Crippen MR) is 126 cm³/mol. The first-order valence-corrected chi connectivity index (χ1v) is 11.2. The normalized spacial score (nSPS) is 17.1. The number of nitrogens with zero attached hydrogens (tertiary/aromatic N) is 1. The predicted octanol–water partition coefficient (Wildman–Crippen LogP) is -0.487. The number of phenolic OH excluding ortho intramolecular Hbond substituents is 1. The highest BCUT2D eigenvalue weighted by Crippen LogP contribution is 2.29. The van der Waals surface area contributed by atoms with E-state index in [9.17, 15) is 34.2 Å². The van der Waals surface area contributed by atoms with Crippen molar-refractivity contribution in [2.75, 3.05) is 13.2 Å². The van der Waals surface area contributed by atoms with Gasteiger partial charge in [-0.25, -0.2) is 4.79 Å². The molecule has 4 atom stereocenters. The molecular weight excluding hydrogens is 488 g/mol. The van der Waals surface area contributed by atoms with Gasteiger partial charge in [-0.3, -0.25) is 19.2 Å². The van der Waals surface area contributed by atoms with Gasteiger partial charge in [0, 0.05) is 6.42 Å². The summed E-state index contributed by atoms with van der Waals surface area (Å²) in [4.78, 5) is 60.3. The Morgan fingerprint density at radius 2 is 1.68 bits per heavy atom. The summed E-state index contributed by atoms with van der Waals surface area (Å²) >= 11 is 0. The van der Waals surface area contributed by atoms with Crippen LogP contribution in [0.2, 0.25) is 0 Å². The largest absolute Gasteiger partial charge is 0.508 e. The van der Waals surface area contributed by atoms with E-state index in [1.165, 1.54) is 48.5 Å². The van der Waals surface area contributed by atoms with Crippen LogP contribution in [0.5, 0.6) is 11.5 Å². The molecule has 1 fully saturated rings. The fraction of sp³-hybridized carbons (Fsp3) is 0.292. The van der Waals surface area contributed by atoms with Crippen molar-refractivity contribution in [2.24, 2.45) is 5.73 Å². The highest BCUT2D eigenvalue weighted by atomic mass is 16.5. The number of hydrogen-bond donors (Lipinski definition) is 6. The number of carbonyl (C=O) groups is 5. The number of likely N-dealkylation sites (tertiary alicyclic amines) is 1. The van der Waals surface area contributed by atoms with Crippen LogP contribution in [0.1, 0.15) is 29.6 Å². The second-order valence-corrected chi connectivity index (χ2v) is 8.25. The molecule has 196 valence electrons. The van der Waals surface area contributed by atoms with E-state index in [0.29, 0.717) is 17.7 Å². The molecule has 0 spiro atoms. The third-order valence-electron chi connectivity index (χ3n) is 5.76. The van der Waals surface area contributed by atoms with Gasteiger partial charge in [-0.05, 0) is 35.4 Å². The van der Waals surface area contributed by atoms with Gasteiger partial charge in [0.2, 0.25) is 18.2 Å². The maximum atomic E-state index is 12.8. The van der Waals surface area contributed by atoms with Crippen LogP contribution in [-0.2, 0) is 24.0 Å². The van der Waals surface area contributed by atoms with Crippen LogP contribution in [0, 0.1) is 0 Å². The number of hydrogen-bond acceptors (Lipinski definition) is 8. The Morgan fingerprint density at radius 3 is 2.22 bits per heavy atom. The summed E-state index contributed by atoms with van der Waals surface area (Å²) in [5.74, 6) is -3.35. The van der Waals surface area contributed by atoms with Crippen molar-refractivity contribution in [2.45, 2.75) is 30.6 Å². The zero-order valence-electron chi connectivity index (χ0n) is 19.4. The first-order valence-electron chi connectivity index (χ1n) is 11.2. The number of ether oxygens (including phenoxy) is 1. The molecule has 1 aliphatic rings. The number of nitrogens with two attached hydrogens (primary N) is 1. The topological polar surface area (TPSA) is 209 Å².